The minimum absolute atomic E-state index is 0.195. The van der Waals surface area contributed by atoms with Gasteiger partial charge in [0.1, 0.15) is 17.0 Å². The number of carbonyl (C=O) groups is 1. The van der Waals surface area contributed by atoms with E-state index in [0.717, 1.165) is 33.2 Å². The molecule has 0 saturated heterocycles. The maximum absolute atomic E-state index is 13.0. The highest BCUT2D eigenvalue weighted by Gasteiger charge is 2.22. The lowest BCUT2D eigenvalue weighted by molar-refractivity contribution is 0.102. The van der Waals surface area contributed by atoms with E-state index in [4.69, 9.17) is 9.26 Å². The average Bonchev–Trinajstić information content (AvgIpc) is 3.31. The average molecular weight is 413 g/mol. The van der Waals surface area contributed by atoms with Gasteiger partial charge >= 0.3 is 0 Å². The van der Waals surface area contributed by atoms with Crippen LogP contribution in [0, 0.1) is 13.8 Å². The van der Waals surface area contributed by atoms with Gasteiger partial charge in [0.2, 0.25) is 5.78 Å². The zero-order valence-electron chi connectivity index (χ0n) is 17.5. The second-order valence-corrected chi connectivity index (χ2v) is 7.33. The number of carbonyl (C=O) groups excluding carboxylic acids is 1. The summed E-state index contributed by atoms with van der Waals surface area (Å²) in [5.74, 6) is 1.50. The minimum atomic E-state index is -0.195. The van der Waals surface area contributed by atoms with E-state index in [1.165, 1.54) is 6.20 Å². The fourth-order valence-electron chi connectivity index (χ4n) is 3.99. The number of methoxy groups -OCH3 is 1. The summed E-state index contributed by atoms with van der Waals surface area (Å²) in [7, 11) is 3.45. The lowest BCUT2D eigenvalue weighted by Crippen LogP contribution is -2.09. The van der Waals surface area contributed by atoms with Crippen LogP contribution in [-0.2, 0) is 7.05 Å². The van der Waals surface area contributed by atoms with Gasteiger partial charge in [-0.15, -0.1) is 0 Å². The lowest BCUT2D eigenvalue weighted by Gasteiger charge is -2.11. The van der Waals surface area contributed by atoms with E-state index in [9.17, 15) is 4.79 Å². The van der Waals surface area contributed by atoms with Gasteiger partial charge in [0.25, 0.3) is 0 Å². The van der Waals surface area contributed by atoms with E-state index < -0.39 is 0 Å². The summed E-state index contributed by atoms with van der Waals surface area (Å²) < 4.78 is 12.8. The monoisotopic (exact) mass is 413 g/mol. The summed E-state index contributed by atoms with van der Waals surface area (Å²) >= 11 is 0. The van der Waals surface area contributed by atoms with Crippen LogP contribution in [0.5, 0.6) is 5.75 Å². The highest BCUT2D eigenvalue weighted by molar-refractivity contribution is 6.11. The van der Waals surface area contributed by atoms with Gasteiger partial charge < -0.3 is 13.8 Å². The molecule has 5 rings (SSSR count). The third-order valence-electron chi connectivity index (χ3n) is 5.45. The summed E-state index contributed by atoms with van der Waals surface area (Å²) in [6.07, 6.45) is 4.85. The second kappa shape index (κ2) is 7.02. The molecule has 0 fully saturated rings. The van der Waals surface area contributed by atoms with Crippen LogP contribution >= 0.6 is 0 Å². The highest BCUT2D eigenvalue weighted by Crippen LogP contribution is 2.38. The first kappa shape index (κ1) is 18.9. The van der Waals surface area contributed by atoms with E-state index in [1.807, 2.05) is 33.0 Å². The lowest BCUT2D eigenvalue weighted by atomic mass is 10.0. The van der Waals surface area contributed by atoms with Crippen molar-refractivity contribution in [1.29, 1.82) is 0 Å². The highest BCUT2D eigenvalue weighted by atomic mass is 16.5. The number of hydrogen-bond donors (Lipinski definition) is 0. The summed E-state index contributed by atoms with van der Waals surface area (Å²) in [6.45, 7) is 3.76. The van der Waals surface area contributed by atoms with Gasteiger partial charge in [-0.25, -0.2) is 4.98 Å². The zero-order chi connectivity index (χ0) is 21.7. The van der Waals surface area contributed by atoms with Crippen molar-refractivity contribution in [1.82, 2.24) is 24.7 Å². The van der Waals surface area contributed by atoms with Crippen LogP contribution in [0.3, 0.4) is 0 Å². The Morgan fingerprint density at radius 2 is 2.00 bits per heavy atom. The maximum atomic E-state index is 13.0. The van der Waals surface area contributed by atoms with Crippen LogP contribution < -0.4 is 4.74 Å². The third kappa shape index (κ3) is 2.87. The Morgan fingerprint density at radius 1 is 1.16 bits per heavy atom. The summed E-state index contributed by atoms with van der Waals surface area (Å²) in [5.41, 5.74) is 5.20. The maximum Gasteiger partial charge on any atom is 0.230 e. The van der Waals surface area contributed by atoms with Crippen molar-refractivity contribution < 1.29 is 14.1 Å². The van der Waals surface area contributed by atoms with Crippen LogP contribution in [-0.4, -0.2) is 37.6 Å². The number of rotatable bonds is 4. The predicted molar refractivity (Wildman–Crippen MR) is 115 cm³/mol. The predicted octanol–water partition coefficient (Wildman–Crippen LogP) is 4.03. The Labute approximate surface area is 177 Å². The van der Waals surface area contributed by atoms with Crippen molar-refractivity contribution in [2.24, 2.45) is 7.05 Å². The Bertz CT molecular complexity index is 1450. The number of hydrogen-bond acceptors (Lipinski definition) is 7. The number of ketones is 1. The molecule has 8 nitrogen and oxygen atoms in total. The first-order chi connectivity index (χ1) is 15.0. The first-order valence-corrected chi connectivity index (χ1v) is 9.70. The van der Waals surface area contributed by atoms with Gasteiger partial charge in [-0.3, -0.25) is 14.8 Å². The van der Waals surface area contributed by atoms with Gasteiger partial charge in [-0.1, -0.05) is 5.16 Å². The molecule has 4 heterocycles. The molecule has 0 radical (unpaired) electrons. The van der Waals surface area contributed by atoms with Gasteiger partial charge in [0, 0.05) is 36.0 Å². The smallest absolute Gasteiger partial charge is 0.230 e. The van der Waals surface area contributed by atoms with Crippen LogP contribution in [0.2, 0.25) is 0 Å². The number of benzene rings is 1. The number of fused-ring (bicyclic) bond motifs is 3. The topological polar surface area (TPSA) is 95.9 Å². The quantitative estimate of drug-likeness (QED) is 0.411. The zero-order valence-corrected chi connectivity index (χ0v) is 17.5. The number of aryl methyl sites for hydroxylation is 3. The van der Waals surface area contributed by atoms with E-state index in [-0.39, 0.29) is 5.78 Å². The summed E-state index contributed by atoms with van der Waals surface area (Å²) in [5, 5.41) is 4.89. The molecule has 1 aromatic carbocycles. The summed E-state index contributed by atoms with van der Waals surface area (Å²) in [4.78, 5) is 26.2. The van der Waals surface area contributed by atoms with E-state index in [0.29, 0.717) is 28.4 Å². The molecule has 31 heavy (non-hydrogen) atoms. The molecule has 0 amide bonds. The third-order valence-corrected chi connectivity index (χ3v) is 5.45. The van der Waals surface area contributed by atoms with Crippen LogP contribution in [0.15, 0.2) is 47.4 Å². The van der Waals surface area contributed by atoms with Gasteiger partial charge in [0.15, 0.2) is 5.82 Å². The number of imidazole rings is 1. The molecule has 5 aromatic rings. The molecule has 0 bridgehead atoms. The molecule has 0 aliphatic rings. The van der Waals surface area contributed by atoms with E-state index in [2.05, 4.69) is 20.1 Å². The Morgan fingerprint density at radius 3 is 2.68 bits per heavy atom. The van der Waals surface area contributed by atoms with Crippen molar-refractivity contribution in [2.45, 2.75) is 13.8 Å². The van der Waals surface area contributed by atoms with Crippen molar-refractivity contribution in [3.63, 3.8) is 0 Å². The van der Waals surface area contributed by atoms with Crippen molar-refractivity contribution in [2.75, 3.05) is 7.11 Å². The molecular weight excluding hydrogens is 394 g/mol. The Balaban J connectivity index is 1.75. The summed E-state index contributed by atoms with van der Waals surface area (Å²) in [6, 6.07) is 7.33. The standard InChI is InChI=1S/C23H19N5O3/c1-12-20(13(2)31-27-12)16-8-17-15(9-19(16)30-4)21-18(11-25-17)26-23(28(21)3)22(29)14-6-5-7-24-10-14/h5-11H,1-4H3. The normalized spacial score (nSPS) is 11.4. The first-order valence-electron chi connectivity index (χ1n) is 9.70. The van der Waals surface area contributed by atoms with Gasteiger partial charge in [0.05, 0.1) is 35.6 Å². The minimum Gasteiger partial charge on any atom is -0.496 e. The molecule has 0 N–H and O–H groups in total. The molecule has 0 atom stereocenters. The van der Waals surface area contributed by atoms with Crippen LogP contribution in [0.25, 0.3) is 33.1 Å². The van der Waals surface area contributed by atoms with Crippen LogP contribution in [0.1, 0.15) is 27.6 Å². The molecule has 0 aliphatic carbocycles. The number of nitrogens with zero attached hydrogens (tertiary/aromatic N) is 5. The van der Waals surface area contributed by atoms with Crippen molar-refractivity contribution in [3.05, 3.63) is 65.7 Å². The number of pyridine rings is 2. The van der Waals surface area contributed by atoms with Gasteiger partial charge in [-0.05, 0) is 38.1 Å². The molecule has 0 unspecified atom stereocenters. The van der Waals surface area contributed by atoms with E-state index in [1.54, 1.807) is 36.2 Å². The molecule has 4 aromatic heterocycles. The molecule has 8 heteroatoms. The second-order valence-electron chi connectivity index (χ2n) is 7.33. The Kier molecular flexibility index (Phi) is 4.28. The van der Waals surface area contributed by atoms with Crippen molar-refractivity contribution in [3.8, 4) is 16.9 Å². The molecule has 0 saturated carbocycles. The molecular formula is C23H19N5O3. The largest absolute Gasteiger partial charge is 0.496 e. The number of ether oxygens (including phenoxy) is 1. The number of aromatic nitrogens is 5. The van der Waals surface area contributed by atoms with Crippen molar-refractivity contribution >= 4 is 27.7 Å². The van der Waals surface area contributed by atoms with Gasteiger partial charge in [-0.2, -0.15) is 0 Å². The fraction of sp³-hybridized carbons (Fsp3) is 0.174. The molecule has 0 aliphatic heterocycles. The van der Waals surface area contributed by atoms with Crippen LogP contribution in [0.4, 0.5) is 0 Å². The molecule has 0 spiro atoms. The Hall–Kier alpha value is -4.07. The van der Waals surface area contributed by atoms with E-state index >= 15 is 0 Å². The SMILES string of the molecule is COc1cc2c(cc1-c1c(C)noc1C)ncc1nc(C(=O)c3cccnc3)n(C)c12. The molecule has 154 valence electrons. The fourth-order valence-corrected chi connectivity index (χ4v) is 3.99.